The van der Waals surface area contributed by atoms with Crippen LogP contribution < -0.4 is 0 Å². The third-order valence-corrected chi connectivity index (χ3v) is 4.26. The van der Waals surface area contributed by atoms with Crippen molar-refractivity contribution in [2.24, 2.45) is 0 Å². The summed E-state index contributed by atoms with van der Waals surface area (Å²) in [6.07, 6.45) is 1.85. The van der Waals surface area contributed by atoms with Crippen molar-refractivity contribution in [3.05, 3.63) is 34.9 Å². The van der Waals surface area contributed by atoms with Crippen LogP contribution in [0.25, 0.3) is 0 Å². The number of benzene rings is 1. The van der Waals surface area contributed by atoms with Crippen molar-refractivity contribution in [1.29, 1.82) is 0 Å². The Labute approximate surface area is 121 Å². The van der Waals surface area contributed by atoms with E-state index in [1.807, 2.05) is 25.1 Å². The van der Waals surface area contributed by atoms with E-state index >= 15 is 0 Å². The van der Waals surface area contributed by atoms with E-state index in [-0.39, 0.29) is 23.6 Å². The average Bonchev–Trinajstić information content (AvgIpc) is 2.41. The van der Waals surface area contributed by atoms with E-state index in [1.54, 1.807) is 14.0 Å². The molecule has 20 heavy (non-hydrogen) atoms. The maximum absolute atomic E-state index is 11.6. The smallest absolute Gasteiger partial charge is 0.159 e. The monoisotopic (exact) mass is 276 g/mol. The Morgan fingerprint density at radius 2 is 2.10 bits per heavy atom. The van der Waals surface area contributed by atoms with Crippen LogP contribution in [0.5, 0.6) is 0 Å². The largest absolute Gasteiger partial charge is 0.356 e. The van der Waals surface area contributed by atoms with Crippen LogP contribution in [-0.2, 0) is 14.9 Å². The van der Waals surface area contributed by atoms with E-state index in [9.17, 15) is 4.79 Å². The van der Waals surface area contributed by atoms with Gasteiger partial charge in [0, 0.05) is 12.7 Å². The minimum atomic E-state index is -0.221. The van der Waals surface area contributed by atoms with Gasteiger partial charge in [-0.15, -0.1) is 0 Å². The van der Waals surface area contributed by atoms with Crippen LogP contribution in [0.2, 0.25) is 0 Å². The second-order valence-corrected chi connectivity index (χ2v) is 6.21. The Balaban J connectivity index is 2.40. The molecule has 110 valence electrons. The van der Waals surface area contributed by atoms with Crippen LogP contribution >= 0.6 is 0 Å². The molecule has 0 amide bonds. The molecule has 1 aromatic carbocycles. The van der Waals surface area contributed by atoms with Gasteiger partial charge in [-0.2, -0.15) is 0 Å². The summed E-state index contributed by atoms with van der Waals surface area (Å²) in [6.45, 7) is 7.97. The van der Waals surface area contributed by atoms with Crippen molar-refractivity contribution in [2.75, 3.05) is 7.11 Å². The van der Waals surface area contributed by atoms with Crippen molar-refractivity contribution < 1.29 is 14.3 Å². The van der Waals surface area contributed by atoms with Crippen LogP contribution in [0.3, 0.4) is 0 Å². The van der Waals surface area contributed by atoms with Crippen LogP contribution in [0.1, 0.15) is 68.1 Å². The van der Waals surface area contributed by atoms with Gasteiger partial charge < -0.3 is 9.47 Å². The number of Topliss-reactive ketones (excluding diaryl/α,β-unsaturated/α-hetero) is 1. The summed E-state index contributed by atoms with van der Waals surface area (Å²) >= 11 is 0. The normalized spacial score (nSPS) is 22.1. The van der Waals surface area contributed by atoms with Gasteiger partial charge in [0.2, 0.25) is 0 Å². The number of ether oxygens (including phenoxy) is 2. The van der Waals surface area contributed by atoms with Gasteiger partial charge in [0.15, 0.2) is 12.1 Å². The molecule has 0 saturated carbocycles. The molecule has 0 bridgehead atoms. The molecule has 1 aliphatic carbocycles. The summed E-state index contributed by atoms with van der Waals surface area (Å²) in [7, 11) is 1.65. The molecule has 0 radical (unpaired) electrons. The molecule has 2 atom stereocenters. The summed E-state index contributed by atoms with van der Waals surface area (Å²) in [4.78, 5) is 11.6. The fourth-order valence-corrected chi connectivity index (χ4v) is 2.85. The minimum Gasteiger partial charge on any atom is -0.356 e. The predicted octanol–water partition coefficient (Wildman–Crippen LogP) is 4.01. The first kappa shape index (κ1) is 15.2. The summed E-state index contributed by atoms with van der Waals surface area (Å²) in [5, 5.41) is 0. The first-order chi connectivity index (χ1) is 9.35. The molecule has 1 aromatic rings. The lowest BCUT2D eigenvalue weighted by molar-refractivity contribution is -0.151. The maximum Gasteiger partial charge on any atom is 0.159 e. The van der Waals surface area contributed by atoms with Crippen LogP contribution in [0.15, 0.2) is 18.2 Å². The number of ketones is 1. The predicted molar refractivity (Wildman–Crippen MR) is 79.0 cm³/mol. The Hall–Kier alpha value is -1.19. The molecular formula is C17H24O3. The first-order valence-electron chi connectivity index (χ1n) is 7.19. The number of carbonyl (C=O) groups is 1. The van der Waals surface area contributed by atoms with Gasteiger partial charge in [0.05, 0.1) is 6.10 Å². The zero-order chi connectivity index (χ0) is 14.9. The Morgan fingerprint density at radius 3 is 2.70 bits per heavy atom. The number of hydrogen-bond acceptors (Lipinski definition) is 3. The lowest BCUT2D eigenvalue weighted by Gasteiger charge is -2.38. The van der Waals surface area contributed by atoms with E-state index in [1.165, 1.54) is 11.1 Å². The molecule has 3 nitrogen and oxygen atoms in total. The van der Waals surface area contributed by atoms with Gasteiger partial charge in [0.25, 0.3) is 0 Å². The highest BCUT2D eigenvalue weighted by Crippen LogP contribution is 2.43. The van der Waals surface area contributed by atoms with Crippen LogP contribution in [0.4, 0.5) is 0 Å². The maximum atomic E-state index is 11.6. The molecule has 0 aromatic heterocycles. The molecular weight excluding hydrogens is 252 g/mol. The van der Waals surface area contributed by atoms with Crippen LogP contribution in [0, 0.1) is 0 Å². The van der Waals surface area contributed by atoms with Gasteiger partial charge >= 0.3 is 0 Å². The molecule has 2 rings (SSSR count). The lowest BCUT2D eigenvalue weighted by Crippen LogP contribution is -2.29. The third-order valence-electron chi connectivity index (χ3n) is 4.26. The molecule has 0 fully saturated rings. The Kier molecular flexibility index (Phi) is 4.31. The van der Waals surface area contributed by atoms with E-state index in [0.29, 0.717) is 0 Å². The quantitative estimate of drug-likeness (QED) is 0.615. The van der Waals surface area contributed by atoms with E-state index in [0.717, 1.165) is 18.4 Å². The van der Waals surface area contributed by atoms with Crippen molar-refractivity contribution in [3.63, 3.8) is 0 Å². The topological polar surface area (TPSA) is 35.5 Å². The summed E-state index contributed by atoms with van der Waals surface area (Å²) in [5.74, 6) is 0.108. The molecule has 0 spiro atoms. The van der Waals surface area contributed by atoms with Gasteiger partial charge in [-0.25, -0.2) is 0 Å². The fraction of sp³-hybridized carbons (Fsp3) is 0.588. The van der Waals surface area contributed by atoms with Gasteiger partial charge in [-0.05, 0) is 49.3 Å². The summed E-state index contributed by atoms with van der Waals surface area (Å²) < 4.78 is 11.2. The van der Waals surface area contributed by atoms with Crippen molar-refractivity contribution in [2.45, 2.75) is 58.3 Å². The Bertz CT molecular complexity index is 505. The molecule has 1 aliphatic rings. The number of hydrogen-bond donors (Lipinski definition) is 0. The minimum absolute atomic E-state index is 0.0500. The highest BCUT2D eigenvalue weighted by atomic mass is 16.7. The van der Waals surface area contributed by atoms with E-state index < -0.39 is 0 Å². The Morgan fingerprint density at radius 1 is 1.40 bits per heavy atom. The summed E-state index contributed by atoms with van der Waals surface area (Å²) in [5.41, 5.74) is 3.27. The molecule has 0 N–H and O–H groups in total. The SMILES string of the molecule is COC(C)OC1CCC(C)(C)c2cc(C(C)=O)ccc21. The van der Waals surface area contributed by atoms with E-state index in [4.69, 9.17) is 9.47 Å². The number of rotatable bonds is 4. The number of methoxy groups -OCH3 is 1. The second-order valence-electron chi connectivity index (χ2n) is 6.21. The lowest BCUT2D eigenvalue weighted by atomic mass is 9.71. The zero-order valence-corrected chi connectivity index (χ0v) is 13.0. The average molecular weight is 276 g/mol. The van der Waals surface area contributed by atoms with Crippen molar-refractivity contribution >= 4 is 5.78 Å². The highest BCUT2D eigenvalue weighted by Gasteiger charge is 2.34. The van der Waals surface area contributed by atoms with Gasteiger partial charge in [-0.3, -0.25) is 4.79 Å². The fourth-order valence-electron chi connectivity index (χ4n) is 2.85. The standard InChI is InChI=1S/C17H24O3/c1-11(18)13-6-7-14-15(10-13)17(3,4)9-8-16(14)20-12(2)19-5/h6-7,10,12,16H,8-9H2,1-5H3. The number of carbonyl (C=O) groups excluding carboxylic acids is 1. The van der Waals surface area contributed by atoms with Gasteiger partial charge in [0.1, 0.15) is 0 Å². The second kappa shape index (κ2) is 5.66. The van der Waals surface area contributed by atoms with Crippen molar-refractivity contribution in [3.8, 4) is 0 Å². The first-order valence-corrected chi connectivity index (χ1v) is 7.19. The highest BCUT2D eigenvalue weighted by molar-refractivity contribution is 5.94. The molecule has 3 heteroatoms. The molecule has 0 saturated heterocycles. The van der Waals surface area contributed by atoms with E-state index in [2.05, 4.69) is 13.8 Å². The van der Waals surface area contributed by atoms with Crippen molar-refractivity contribution in [1.82, 2.24) is 0 Å². The molecule has 0 heterocycles. The number of fused-ring (bicyclic) bond motifs is 1. The molecule has 2 unspecified atom stereocenters. The molecule has 0 aliphatic heterocycles. The van der Waals surface area contributed by atoms with Crippen LogP contribution in [-0.4, -0.2) is 19.2 Å². The zero-order valence-electron chi connectivity index (χ0n) is 13.0. The third kappa shape index (κ3) is 2.94. The van der Waals surface area contributed by atoms with Gasteiger partial charge in [-0.1, -0.05) is 26.0 Å². The summed E-state index contributed by atoms with van der Waals surface area (Å²) in [6, 6.07) is 5.97.